The van der Waals surface area contributed by atoms with E-state index in [4.69, 9.17) is 19.2 Å². The van der Waals surface area contributed by atoms with Crippen LogP contribution in [0.1, 0.15) is 51.6 Å². The van der Waals surface area contributed by atoms with E-state index in [0.29, 0.717) is 12.1 Å². The summed E-state index contributed by atoms with van der Waals surface area (Å²) in [7, 11) is 4.98. The van der Waals surface area contributed by atoms with Crippen LogP contribution in [0.25, 0.3) is 0 Å². The molecule has 2 aromatic carbocycles. The normalized spacial score (nSPS) is 14.3. The van der Waals surface area contributed by atoms with E-state index in [9.17, 15) is 4.79 Å². The number of nitrogens with one attached hydrogen (secondary N) is 1. The molecule has 0 spiro atoms. The summed E-state index contributed by atoms with van der Waals surface area (Å²) in [5.41, 5.74) is 4.53. The monoisotopic (exact) mass is 489 g/mol. The molecule has 4 rings (SSSR count). The highest BCUT2D eigenvalue weighted by atomic mass is 16.5. The highest BCUT2D eigenvalue weighted by molar-refractivity contribution is 5.95. The number of methoxy groups -OCH3 is 3. The Labute approximate surface area is 213 Å². The fourth-order valence-corrected chi connectivity index (χ4v) is 4.88. The molecule has 7 heteroatoms. The number of carbonyl (C=O) groups excluding carboxylic acids is 1. The lowest BCUT2D eigenvalue weighted by Gasteiger charge is -2.32. The van der Waals surface area contributed by atoms with Crippen molar-refractivity contribution in [2.45, 2.75) is 38.8 Å². The third kappa shape index (κ3) is 5.79. The molecule has 0 atom stereocenters. The standard InChI is InChI=1S/C29H35N3O4/c1-20-12-13-24(29(33)30-18-22-8-5-6-10-25(22)34-2)27(31-20)21-14-16-32(17-15-21)19-23-9-7-11-26(35-3)28(23)36-4/h5-13,21H,14-19H2,1-4H3,(H,30,33). The Morgan fingerprint density at radius 2 is 1.61 bits per heavy atom. The van der Waals surface area contributed by atoms with Crippen LogP contribution in [0.3, 0.4) is 0 Å². The van der Waals surface area contributed by atoms with Gasteiger partial charge in [0.2, 0.25) is 0 Å². The van der Waals surface area contributed by atoms with E-state index in [1.54, 1.807) is 21.3 Å². The van der Waals surface area contributed by atoms with Crippen molar-refractivity contribution >= 4 is 5.91 Å². The van der Waals surface area contributed by atoms with Crippen LogP contribution in [0.4, 0.5) is 0 Å². The minimum absolute atomic E-state index is 0.105. The van der Waals surface area contributed by atoms with Gasteiger partial charge in [0.05, 0.1) is 32.6 Å². The van der Waals surface area contributed by atoms with E-state index in [-0.39, 0.29) is 11.8 Å². The number of nitrogens with zero attached hydrogens (tertiary/aromatic N) is 2. The lowest BCUT2D eigenvalue weighted by atomic mass is 9.89. The van der Waals surface area contributed by atoms with Crippen molar-refractivity contribution in [1.82, 2.24) is 15.2 Å². The second-order valence-electron chi connectivity index (χ2n) is 9.08. The first-order valence-corrected chi connectivity index (χ1v) is 12.3. The Hall–Kier alpha value is -3.58. The van der Waals surface area contributed by atoms with E-state index in [1.165, 1.54) is 0 Å². The zero-order valence-electron chi connectivity index (χ0n) is 21.5. The van der Waals surface area contributed by atoms with E-state index in [1.807, 2.05) is 55.5 Å². The molecule has 1 N–H and O–H groups in total. The van der Waals surface area contributed by atoms with Crippen LogP contribution in [-0.2, 0) is 13.1 Å². The number of pyridine rings is 1. The highest BCUT2D eigenvalue weighted by Gasteiger charge is 2.27. The van der Waals surface area contributed by atoms with Gasteiger partial charge in [-0.1, -0.05) is 30.3 Å². The number of likely N-dealkylation sites (tertiary alicyclic amines) is 1. The predicted octanol–water partition coefficient (Wildman–Crippen LogP) is 4.73. The van der Waals surface area contributed by atoms with Gasteiger partial charge in [-0.25, -0.2) is 0 Å². The first kappa shape index (κ1) is 25.5. The molecule has 1 aromatic heterocycles. The van der Waals surface area contributed by atoms with Crippen LogP contribution in [-0.4, -0.2) is 50.2 Å². The maximum Gasteiger partial charge on any atom is 0.253 e. The summed E-state index contributed by atoms with van der Waals surface area (Å²) in [6.07, 6.45) is 1.88. The second kappa shape index (κ2) is 11.9. The summed E-state index contributed by atoms with van der Waals surface area (Å²) in [6.45, 7) is 5.01. The number of hydrogen-bond acceptors (Lipinski definition) is 6. The molecule has 1 aliphatic heterocycles. The molecule has 0 saturated carbocycles. The van der Waals surface area contributed by atoms with E-state index in [0.717, 1.165) is 72.2 Å². The molecule has 1 saturated heterocycles. The SMILES string of the molecule is COc1ccccc1CNC(=O)c1ccc(C)nc1C1CCN(Cc2cccc(OC)c2OC)CC1. The Morgan fingerprint density at radius 1 is 0.917 bits per heavy atom. The number of hydrogen-bond donors (Lipinski definition) is 1. The Balaban J connectivity index is 1.43. The molecule has 3 aromatic rings. The predicted molar refractivity (Wildman–Crippen MR) is 140 cm³/mol. The van der Waals surface area contributed by atoms with Crippen molar-refractivity contribution in [3.05, 3.63) is 82.7 Å². The number of carbonyl (C=O) groups is 1. The lowest BCUT2D eigenvalue weighted by molar-refractivity contribution is 0.0947. The fourth-order valence-electron chi connectivity index (χ4n) is 4.88. The molecule has 190 valence electrons. The van der Waals surface area contributed by atoms with Crippen molar-refractivity contribution in [2.75, 3.05) is 34.4 Å². The average Bonchev–Trinajstić information content (AvgIpc) is 2.92. The first-order valence-electron chi connectivity index (χ1n) is 12.3. The number of benzene rings is 2. The van der Waals surface area contributed by atoms with Gasteiger partial charge < -0.3 is 19.5 Å². The number of rotatable bonds is 9. The summed E-state index contributed by atoms with van der Waals surface area (Å²) in [4.78, 5) is 20.4. The van der Waals surface area contributed by atoms with Crippen LogP contribution in [0, 0.1) is 6.92 Å². The van der Waals surface area contributed by atoms with Gasteiger partial charge in [-0.05, 0) is 57.1 Å². The lowest BCUT2D eigenvalue weighted by Crippen LogP contribution is -2.34. The van der Waals surface area contributed by atoms with Gasteiger partial charge in [0.15, 0.2) is 11.5 Å². The molecule has 0 radical (unpaired) electrons. The average molecular weight is 490 g/mol. The van der Waals surface area contributed by atoms with Gasteiger partial charge in [0.1, 0.15) is 5.75 Å². The van der Waals surface area contributed by atoms with E-state index in [2.05, 4.69) is 16.3 Å². The molecule has 0 unspecified atom stereocenters. The maximum atomic E-state index is 13.2. The fraction of sp³-hybridized carbons (Fsp3) is 0.379. The summed E-state index contributed by atoms with van der Waals surface area (Å²) in [6, 6.07) is 17.5. The Bertz CT molecular complexity index is 1190. The zero-order valence-corrected chi connectivity index (χ0v) is 21.5. The zero-order chi connectivity index (χ0) is 25.5. The number of amides is 1. The molecule has 1 fully saturated rings. The van der Waals surface area contributed by atoms with Crippen LogP contribution in [0.2, 0.25) is 0 Å². The molecule has 1 aliphatic rings. The number of aryl methyl sites for hydroxylation is 1. The number of piperidine rings is 1. The summed E-state index contributed by atoms with van der Waals surface area (Å²) in [5.74, 6) is 2.43. The molecule has 36 heavy (non-hydrogen) atoms. The smallest absolute Gasteiger partial charge is 0.253 e. The Kier molecular flexibility index (Phi) is 8.44. The number of para-hydroxylation sites is 2. The van der Waals surface area contributed by atoms with E-state index >= 15 is 0 Å². The summed E-state index contributed by atoms with van der Waals surface area (Å²) in [5, 5.41) is 3.06. The third-order valence-corrected chi connectivity index (χ3v) is 6.79. The van der Waals surface area contributed by atoms with Crippen LogP contribution in [0.5, 0.6) is 17.2 Å². The summed E-state index contributed by atoms with van der Waals surface area (Å²) < 4.78 is 16.5. The molecule has 0 bridgehead atoms. The highest BCUT2D eigenvalue weighted by Crippen LogP contribution is 2.34. The third-order valence-electron chi connectivity index (χ3n) is 6.79. The molecule has 1 amide bonds. The first-order chi connectivity index (χ1) is 17.5. The van der Waals surface area contributed by atoms with Crippen LogP contribution in [0.15, 0.2) is 54.6 Å². The number of ether oxygens (including phenoxy) is 3. The van der Waals surface area contributed by atoms with Gasteiger partial charge in [0.25, 0.3) is 5.91 Å². The summed E-state index contributed by atoms with van der Waals surface area (Å²) >= 11 is 0. The minimum atomic E-state index is -0.105. The Morgan fingerprint density at radius 3 is 2.33 bits per heavy atom. The quantitative estimate of drug-likeness (QED) is 0.469. The molecular weight excluding hydrogens is 454 g/mol. The maximum absolute atomic E-state index is 13.2. The molecular formula is C29H35N3O4. The van der Waals surface area contributed by atoms with Gasteiger partial charge in [0, 0.05) is 35.8 Å². The van der Waals surface area contributed by atoms with Crippen molar-refractivity contribution < 1.29 is 19.0 Å². The molecule has 7 nitrogen and oxygen atoms in total. The molecule has 2 heterocycles. The minimum Gasteiger partial charge on any atom is -0.496 e. The van der Waals surface area contributed by atoms with Crippen LogP contribution >= 0.6 is 0 Å². The van der Waals surface area contributed by atoms with Gasteiger partial charge in [-0.15, -0.1) is 0 Å². The molecule has 0 aliphatic carbocycles. The van der Waals surface area contributed by atoms with Crippen molar-refractivity contribution in [2.24, 2.45) is 0 Å². The van der Waals surface area contributed by atoms with Gasteiger partial charge in [-0.2, -0.15) is 0 Å². The van der Waals surface area contributed by atoms with Crippen molar-refractivity contribution in [1.29, 1.82) is 0 Å². The second-order valence-corrected chi connectivity index (χ2v) is 9.08. The van der Waals surface area contributed by atoms with Crippen molar-refractivity contribution in [3.63, 3.8) is 0 Å². The van der Waals surface area contributed by atoms with Crippen LogP contribution < -0.4 is 19.5 Å². The topological polar surface area (TPSA) is 72.9 Å². The van der Waals surface area contributed by atoms with Gasteiger partial charge in [-0.3, -0.25) is 14.7 Å². The number of aromatic nitrogens is 1. The van der Waals surface area contributed by atoms with E-state index < -0.39 is 0 Å². The largest absolute Gasteiger partial charge is 0.496 e. The van der Waals surface area contributed by atoms with Gasteiger partial charge >= 0.3 is 0 Å². The van der Waals surface area contributed by atoms with Crippen molar-refractivity contribution in [3.8, 4) is 17.2 Å².